The number of hydrogen-bond donors (Lipinski definition) is 1. The molecule has 0 aliphatic rings. The zero-order chi connectivity index (χ0) is 16.7. The van der Waals surface area contributed by atoms with Gasteiger partial charge in [0, 0.05) is 24.8 Å². The van der Waals surface area contributed by atoms with Crippen molar-refractivity contribution in [2.24, 2.45) is 0 Å². The van der Waals surface area contributed by atoms with Crippen LogP contribution in [0.15, 0.2) is 41.5 Å². The lowest BCUT2D eigenvalue weighted by atomic mass is 10.2. The number of aryl methyl sites for hydroxylation is 2. The zero-order valence-corrected chi connectivity index (χ0v) is 13.4. The molecule has 6 nitrogen and oxygen atoms in total. The summed E-state index contributed by atoms with van der Waals surface area (Å²) in [6, 6.07) is 9.01. The van der Waals surface area contributed by atoms with Gasteiger partial charge in [0.05, 0.1) is 6.33 Å². The van der Waals surface area contributed by atoms with Crippen LogP contribution in [0.1, 0.15) is 18.2 Å². The molecule has 2 rings (SSSR count). The van der Waals surface area contributed by atoms with Crippen molar-refractivity contribution in [3.8, 4) is 5.75 Å². The fourth-order valence-electron chi connectivity index (χ4n) is 1.97. The van der Waals surface area contributed by atoms with Gasteiger partial charge in [-0.25, -0.2) is 4.98 Å². The van der Waals surface area contributed by atoms with Crippen molar-refractivity contribution >= 4 is 5.91 Å². The Morgan fingerprint density at radius 3 is 2.70 bits per heavy atom. The Balaban J connectivity index is 1.74. The number of nitrogens with zero attached hydrogens (tertiary/aromatic N) is 2. The first-order chi connectivity index (χ1) is 11.1. The topological polar surface area (TPSA) is 73.2 Å². The van der Waals surface area contributed by atoms with Crippen molar-refractivity contribution in [3.05, 3.63) is 58.3 Å². The highest BCUT2D eigenvalue weighted by Gasteiger charge is 2.03. The van der Waals surface area contributed by atoms with Crippen LogP contribution in [0.5, 0.6) is 5.75 Å². The average Bonchev–Trinajstić information content (AvgIpc) is 2.55. The van der Waals surface area contributed by atoms with E-state index in [1.165, 1.54) is 17.0 Å². The van der Waals surface area contributed by atoms with Crippen molar-refractivity contribution in [2.75, 3.05) is 13.2 Å². The SMILES string of the molecule is CCc1cc(=O)n(CCNC(=O)COc2ccc(C)cc2)cn1. The summed E-state index contributed by atoms with van der Waals surface area (Å²) in [4.78, 5) is 27.7. The van der Waals surface area contributed by atoms with E-state index in [0.29, 0.717) is 18.8 Å². The maximum atomic E-state index is 11.8. The van der Waals surface area contributed by atoms with E-state index in [0.717, 1.165) is 17.7 Å². The predicted octanol–water partition coefficient (Wildman–Crippen LogP) is 1.31. The molecule has 1 aromatic heterocycles. The maximum Gasteiger partial charge on any atom is 0.258 e. The molecule has 0 saturated carbocycles. The van der Waals surface area contributed by atoms with E-state index in [1.807, 2.05) is 38.1 Å². The van der Waals surface area contributed by atoms with E-state index in [4.69, 9.17) is 4.74 Å². The Labute approximate surface area is 135 Å². The second-order valence-electron chi connectivity index (χ2n) is 5.22. The molecule has 1 aromatic carbocycles. The van der Waals surface area contributed by atoms with Crippen LogP contribution in [-0.2, 0) is 17.8 Å². The summed E-state index contributed by atoms with van der Waals surface area (Å²) in [5.41, 5.74) is 1.79. The van der Waals surface area contributed by atoms with Gasteiger partial charge in [0.15, 0.2) is 6.61 Å². The molecule has 6 heteroatoms. The normalized spacial score (nSPS) is 10.3. The second kappa shape index (κ2) is 8.12. The number of nitrogens with one attached hydrogen (secondary N) is 1. The minimum absolute atomic E-state index is 0.0506. The van der Waals surface area contributed by atoms with Gasteiger partial charge in [0.25, 0.3) is 11.5 Å². The Bertz CT molecular complexity index is 708. The van der Waals surface area contributed by atoms with Crippen LogP contribution in [0.4, 0.5) is 0 Å². The molecule has 0 fully saturated rings. The summed E-state index contributed by atoms with van der Waals surface area (Å²) in [5, 5.41) is 2.72. The van der Waals surface area contributed by atoms with Crippen LogP contribution in [0.3, 0.4) is 0 Å². The number of rotatable bonds is 7. The van der Waals surface area contributed by atoms with E-state index in [1.54, 1.807) is 0 Å². The predicted molar refractivity (Wildman–Crippen MR) is 87.6 cm³/mol. The van der Waals surface area contributed by atoms with Gasteiger partial charge < -0.3 is 10.1 Å². The van der Waals surface area contributed by atoms with Crippen LogP contribution in [0, 0.1) is 6.92 Å². The van der Waals surface area contributed by atoms with Crippen LogP contribution < -0.4 is 15.6 Å². The van der Waals surface area contributed by atoms with Crippen molar-refractivity contribution < 1.29 is 9.53 Å². The molecule has 0 aliphatic heterocycles. The number of carbonyl (C=O) groups is 1. The summed E-state index contributed by atoms with van der Waals surface area (Å²) in [7, 11) is 0. The van der Waals surface area contributed by atoms with Gasteiger partial charge in [0.1, 0.15) is 5.75 Å². The summed E-state index contributed by atoms with van der Waals surface area (Å²) in [6.45, 7) is 4.61. The number of aromatic nitrogens is 2. The lowest BCUT2D eigenvalue weighted by Gasteiger charge is -2.09. The van der Waals surface area contributed by atoms with Gasteiger partial charge in [-0.15, -0.1) is 0 Å². The van der Waals surface area contributed by atoms with Crippen molar-refractivity contribution in [3.63, 3.8) is 0 Å². The molecule has 0 saturated heterocycles. The molecule has 0 unspecified atom stereocenters. The number of ether oxygens (including phenoxy) is 1. The van der Waals surface area contributed by atoms with Crippen LogP contribution in [-0.4, -0.2) is 28.6 Å². The van der Waals surface area contributed by atoms with Crippen molar-refractivity contribution in [1.82, 2.24) is 14.9 Å². The first-order valence-electron chi connectivity index (χ1n) is 7.60. The van der Waals surface area contributed by atoms with E-state index in [2.05, 4.69) is 10.3 Å². The fourth-order valence-corrected chi connectivity index (χ4v) is 1.97. The Morgan fingerprint density at radius 2 is 2.04 bits per heavy atom. The molecule has 0 spiro atoms. The summed E-state index contributed by atoms with van der Waals surface area (Å²) >= 11 is 0. The van der Waals surface area contributed by atoms with Gasteiger partial charge in [-0.1, -0.05) is 24.6 Å². The summed E-state index contributed by atoms with van der Waals surface area (Å²) in [6.07, 6.45) is 2.24. The van der Waals surface area contributed by atoms with Crippen LogP contribution in [0.2, 0.25) is 0 Å². The quantitative estimate of drug-likeness (QED) is 0.836. The van der Waals surface area contributed by atoms with Crippen molar-refractivity contribution in [2.45, 2.75) is 26.8 Å². The fraction of sp³-hybridized carbons (Fsp3) is 0.353. The molecule has 0 bridgehead atoms. The average molecular weight is 315 g/mol. The monoisotopic (exact) mass is 315 g/mol. The van der Waals surface area contributed by atoms with Crippen LogP contribution in [0.25, 0.3) is 0 Å². The third-order valence-electron chi connectivity index (χ3n) is 3.36. The number of benzene rings is 1. The molecule has 0 atom stereocenters. The van der Waals surface area contributed by atoms with E-state index in [-0.39, 0.29) is 18.1 Å². The molecule has 23 heavy (non-hydrogen) atoms. The first-order valence-corrected chi connectivity index (χ1v) is 7.60. The standard InChI is InChI=1S/C17H21N3O3/c1-3-14-10-17(22)20(12-19-14)9-8-18-16(21)11-23-15-6-4-13(2)5-7-15/h4-7,10,12H,3,8-9,11H2,1-2H3,(H,18,21). The Morgan fingerprint density at radius 1 is 1.30 bits per heavy atom. The Hall–Kier alpha value is -2.63. The van der Waals surface area contributed by atoms with Gasteiger partial charge in [0.2, 0.25) is 0 Å². The van der Waals surface area contributed by atoms with Gasteiger partial charge in [-0.3, -0.25) is 14.2 Å². The lowest BCUT2D eigenvalue weighted by Crippen LogP contribution is -2.33. The number of carbonyl (C=O) groups excluding carboxylic acids is 1. The lowest BCUT2D eigenvalue weighted by molar-refractivity contribution is -0.123. The highest BCUT2D eigenvalue weighted by atomic mass is 16.5. The maximum absolute atomic E-state index is 11.8. The molecule has 1 amide bonds. The van der Waals surface area contributed by atoms with E-state index >= 15 is 0 Å². The largest absolute Gasteiger partial charge is 0.484 e. The summed E-state index contributed by atoms with van der Waals surface area (Å²) in [5.74, 6) is 0.429. The highest BCUT2D eigenvalue weighted by molar-refractivity contribution is 5.77. The summed E-state index contributed by atoms with van der Waals surface area (Å²) < 4.78 is 6.86. The second-order valence-corrected chi connectivity index (χ2v) is 5.22. The van der Waals surface area contributed by atoms with Gasteiger partial charge in [-0.2, -0.15) is 0 Å². The van der Waals surface area contributed by atoms with Gasteiger partial charge >= 0.3 is 0 Å². The third kappa shape index (κ3) is 5.25. The molecule has 122 valence electrons. The molecule has 2 aromatic rings. The van der Waals surface area contributed by atoms with E-state index < -0.39 is 0 Å². The zero-order valence-electron chi connectivity index (χ0n) is 13.4. The van der Waals surface area contributed by atoms with Crippen molar-refractivity contribution in [1.29, 1.82) is 0 Å². The molecule has 0 radical (unpaired) electrons. The molecular weight excluding hydrogens is 294 g/mol. The molecule has 1 heterocycles. The molecule has 1 N–H and O–H groups in total. The Kier molecular flexibility index (Phi) is 5.91. The molecular formula is C17H21N3O3. The minimum atomic E-state index is -0.225. The van der Waals surface area contributed by atoms with Crippen LogP contribution >= 0.6 is 0 Å². The minimum Gasteiger partial charge on any atom is -0.484 e. The van der Waals surface area contributed by atoms with E-state index in [9.17, 15) is 9.59 Å². The molecule has 0 aliphatic carbocycles. The smallest absolute Gasteiger partial charge is 0.258 e. The third-order valence-corrected chi connectivity index (χ3v) is 3.36. The highest BCUT2D eigenvalue weighted by Crippen LogP contribution is 2.10. The number of amides is 1. The number of hydrogen-bond acceptors (Lipinski definition) is 4. The first kappa shape index (κ1) is 16.7. The van der Waals surface area contributed by atoms with Gasteiger partial charge in [-0.05, 0) is 25.5 Å².